The number of hydrogen-bond acceptors (Lipinski definition) is 2. The monoisotopic (exact) mass is 224 g/mol. The summed E-state index contributed by atoms with van der Waals surface area (Å²) in [7, 11) is 0. The Labute approximate surface area is 101 Å². The third-order valence-corrected chi connectivity index (χ3v) is 4.65. The first kappa shape index (κ1) is 12.4. The molecule has 2 saturated heterocycles. The second-order valence-electron chi connectivity index (χ2n) is 6.05. The second kappa shape index (κ2) is 5.50. The van der Waals surface area contributed by atoms with Crippen LogP contribution in [0.2, 0.25) is 0 Å². The highest BCUT2D eigenvalue weighted by molar-refractivity contribution is 4.97. The summed E-state index contributed by atoms with van der Waals surface area (Å²) >= 11 is 0. The molecular weight excluding hydrogens is 196 g/mol. The number of rotatable bonds is 3. The molecule has 2 nitrogen and oxygen atoms in total. The molecule has 2 fully saturated rings. The Bertz CT molecular complexity index is 201. The van der Waals surface area contributed by atoms with E-state index in [2.05, 4.69) is 24.5 Å². The summed E-state index contributed by atoms with van der Waals surface area (Å²) in [4.78, 5) is 0. The molecule has 2 aliphatic rings. The van der Waals surface area contributed by atoms with Crippen molar-refractivity contribution in [2.24, 2.45) is 5.92 Å². The number of nitrogens with one attached hydrogen (secondary N) is 2. The molecule has 0 aromatic carbocycles. The van der Waals surface area contributed by atoms with Gasteiger partial charge in [-0.1, -0.05) is 26.7 Å². The summed E-state index contributed by atoms with van der Waals surface area (Å²) in [5, 5.41) is 7.55. The molecule has 0 aromatic rings. The minimum absolute atomic E-state index is 0.424. The first-order valence-corrected chi connectivity index (χ1v) is 7.21. The Morgan fingerprint density at radius 2 is 1.94 bits per heavy atom. The van der Waals surface area contributed by atoms with Gasteiger partial charge in [-0.15, -0.1) is 0 Å². The zero-order chi connectivity index (χ0) is 11.4. The summed E-state index contributed by atoms with van der Waals surface area (Å²) in [6, 6.07) is 0.766. The van der Waals surface area contributed by atoms with E-state index in [1.54, 1.807) is 0 Å². The van der Waals surface area contributed by atoms with Gasteiger partial charge in [-0.3, -0.25) is 0 Å². The van der Waals surface area contributed by atoms with Gasteiger partial charge in [0, 0.05) is 11.6 Å². The fourth-order valence-electron chi connectivity index (χ4n) is 3.43. The molecule has 0 aliphatic carbocycles. The molecule has 2 unspecified atom stereocenters. The zero-order valence-electron chi connectivity index (χ0n) is 11.0. The van der Waals surface area contributed by atoms with Gasteiger partial charge >= 0.3 is 0 Å². The fourth-order valence-corrected chi connectivity index (χ4v) is 3.43. The van der Waals surface area contributed by atoms with Gasteiger partial charge in [0.15, 0.2) is 0 Å². The maximum absolute atomic E-state index is 3.84. The lowest BCUT2D eigenvalue weighted by Crippen LogP contribution is -2.56. The van der Waals surface area contributed by atoms with Gasteiger partial charge < -0.3 is 10.6 Å². The van der Waals surface area contributed by atoms with Crippen molar-refractivity contribution in [2.45, 2.75) is 70.4 Å². The van der Waals surface area contributed by atoms with Crippen molar-refractivity contribution in [3.05, 3.63) is 0 Å². The molecule has 2 aliphatic heterocycles. The van der Waals surface area contributed by atoms with Crippen LogP contribution >= 0.6 is 0 Å². The van der Waals surface area contributed by atoms with Gasteiger partial charge in [0.25, 0.3) is 0 Å². The SMILES string of the molecule is CC(C)C1(CC2CCCCN2)CCCCN1. The lowest BCUT2D eigenvalue weighted by Gasteiger charge is -2.45. The van der Waals surface area contributed by atoms with Gasteiger partial charge in [-0.05, 0) is 51.1 Å². The van der Waals surface area contributed by atoms with E-state index < -0.39 is 0 Å². The standard InChI is InChI=1S/C14H28N2/c1-12(2)14(8-4-6-10-16-14)11-13-7-3-5-9-15-13/h12-13,15-16H,3-11H2,1-2H3. The molecular formula is C14H28N2. The van der Waals surface area contributed by atoms with E-state index in [9.17, 15) is 0 Å². The highest BCUT2D eigenvalue weighted by Crippen LogP contribution is 2.33. The summed E-state index contributed by atoms with van der Waals surface area (Å²) in [6.45, 7) is 7.24. The van der Waals surface area contributed by atoms with E-state index in [0.717, 1.165) is 12.0 Å². The predicted octanol–water partition coefficient (Wildman–Crippen LogP) is 2.69. The summed E-state index contributed by atoms with van der Waals surface area (Å²) < 4.78 is 0. The van der Waals surface area contributed by atoms with Crippen LogP contribution in [0.15, 0.2) is 0 Å². The van der Waals surface area contributed by atoms with Gasteiger partial charge in [0.2, 0.25) is 0 Å². The van der Waals surface area contributed by atoms with Crippen LogP contribution < -0.4 is 10.6 Å². The van der Waals surface area contributed by atoms with Gasteiger partial charge in [-0.25, -0.2) is 0 Å². The van der Waals surface area contributed by atoms with Gasteiger partial charge in [0.1, 0.15) is 0 Å². The molecule has 0 amide bonds. The Balaban J connectivity index is 1.95. The molecule has 0 spiro atoms. The van der Waals surface area contributed by atoms with Crippen molar-refractivity contribution in [3.8, 4) is 0 Å². The van der Waals surface area contributed by atoms with Crippen molar-refractivity contribution in [2.75, 3.05) is 13.1 Å². The maximum Gasteiger partial charge on any atom is 0.0219 e. The van der Waals surface area contributed by atoms with Crippen LogP contribution in [0.3, 0.4) is 0 Å². The van der Waals surface area contributed by atoms with E-state index in [1.165, 1.54) is 58.0 Å². The predicted molar refractivity (Wildman–Crippen MR) is 69.7 cm³/mol. The first-order chi connectivity index (χ1) is 7.73. The van der Waals surface area contributed by atoms with E-state index in [0.29, 0.717) is 5.54 Å². The zero-order valence-corrected chi connectivity index (χ0v) is 11.0. The molecule has 2 atom stereocenters. The Hall–Kier alpha value is -0.0800. The molecule has 2 N–H and O–H groups in total. The average Bonchev–Trinajstić information content (AvgIpc) is 2.31. The van der Waals surface area contributed by atoms with Crippen molar-refractivity contribution in [3.63, 3.8) is 0 Å². The molecule has 16 heavy (non-hydrogen) atoms. The highest BCUT2D eigenvalue weighted by atomic mass is 15.0. The largest absolute Gasteiger partial charge is 0.314 e. The maximum atomic E-state index is 3.84. The first-order valence-electron chi connectivity index (χ1n) is 7.21. The van der Waals surface area contributed by atoms with Crippen LogP contribution in [0.25, 0.3) is 0 Å². The molecule has 94 valence electrons. The van der Waals surface area contributed by atoms with Crippen molar-refractivity contribution in [1.82, 2.24) is 10.6 Å². The Morgan fingerprint density at radius 3 is 2.50 bits per heavy atom. The van der Waals surface area contributed by atoms with Crippen molar-refractivity contribution < 1.29 is 0 Å². The van der Waals surface area contributed by atoms with Crippen LogP contribution in [0.1, 0.15) is 58.8 Å². The third-order valence-electron chi connectivity index (χ3n) is 4.65. The smallest absolute Gasteiger partial charge is 0.0219 e. The normalized spacial score (nSPS) is 36.6. The lowest BCUT2D eigenvalue weighted by atomic mass is 9.74. The van der Waals surface area contributed by atoms with Gasteiger partial charge in [0.05, 0.1) is 0 Å². The van der Waals surface area contributed by atoms with Gasteiger partial charge in [-0.2, -0.15) is 0 Å². The summed E-state index contributed by atoms with van der Waals surface area (Å²) in [5.74, 6) is 0.761. The van der Waals surface area contributed by atoms with Crippen molar-refractivity contribution >= 4 is 0 Å². The Morgan fingerprint density at radius 1 is 1.12 bits per heavy atom. The fraction of sp³-hybridized carbons (Fsp3) is 1.00. The molecule has 0 saturated carbocycles. The second-order valence-corrected chi connectivity index (χ2v) is 6.05. The quantitative estimate of drug-likeness (QED) is 0.770. The minimum Gasteiger partial charge on any atom is -0.314 e. The third kappa shape index (κ3) is 2.78. The van der Waals surface area contributed by atoms with E-state index in [-0.39, 0.29) is 0 Å². The molecule has 2 heteroatoms. The molecule has 2 rings (SSSR count). The van der Waals surface area contributed by atoms with Crippen LogP contribution in [-0.2, 0) is 0 Å². The Kier molecular flexibility index (Phi) is 4.26. The average molecular weight is 224 g/mol. The topological polar surface area (TPSA) is 24.1 Å². The molecule has 0 aromatic heterocycles. The molecule has 0 bridgehead atoms. The van der Waals surface area contributed by atoms with Crippen LogP contribution in [0.5, 0.6) is 0 Å². The highest BCUT2D eigenvalue weighted by Gasteiger charge is 2.37. The van der Waals surface area contributed by atoms with E-state index in [1.807, 2.05) is 0 Å². The summed E-state index contributed by atoms with van der Waals surface area (Å²) in [6.07, 6.45) is 9.68. The molecule has 0 radical (unpaired) electrons. The van der Waals surface area contributed by atoms with Crippen molar-refractivity contribution in [1.29, 1.82) is 0 Å². The number of hydrogen-bond donors (Lipinski definition) is 2. The van der Waals surface area contributed by atoms with Crippen LogP contribution in [-0.4, -0.2) is 24.7 Å². The minimum atomic E-state index is 0.424. The van der Waals surface area contributed by atoms with E-state index in [4.69, 9.17) is 0 Å². The van der Waals surface area contributed by atoms with E-state index >= 15 is 0 Å². The number of piperidine rings is 2. The molecule has 2 heterocycles. The van der Waals surface area contributed by atoms with Crippen LogP contribution in [0.4, 0.5) is 0 Å². The lowest BCUT2D eigenvalue weighted by molar-refractivity contribution is 0.144. The van der Waals surface area contributed by atoms with Crippen LogP contribution in [0, 0.1) is 5.92 Å². The summed E-state index contributed by atoms with van der Waals surface area (Å²) in [5.41, 5.74) is 0.424.